The summed E-state index contributed by atoms with van der Waals surface area (Å²) in [5.74, 6) is -0.0262. The van der Waals surface area contributed by atoms with Crippen molar-refractivity contribution in [3.8, 4) is 16.2 Å². The van der Waals surface area contributed by atoms with E-state index in [1.54, 1.807) is 19.1 Å². The molecular formula is C17H14O3S. The van der Waals surface area contributed by atoms with Gasteiger partial charge in [0.05, 0.1) is 12.2 Å². The van der Waals surface area contributed by atoms with Crippen molar-refractivity contribution in [2.45, 2.75) is 6.92 Å². The topological polar surface area (TPSA) is 46.5 Å². The van der Waals surface area contributed by atoms with Crippen molar-refractivity contribution in [3.05, 3.63) is 53.4 Å². The van der Waals surface area contributed by atoms with Crippen LogP contribution in [0.2, 0.25) is 0 Å². The molecule has 0 bridgehead atoms. The molecule has 0 spiro atoms. The molecule has 0 aliphatic carbocycles. The van der Waals surface area contributed by atoms with E-state index in [0.717, 1.165) is 21.2 Å². The van der Waals surface area contributed by atoms with Gasteiger partial charge in [0.25, 0.3) is 0 Å². The van der Waals surface area contributed by atoms with E-state index in [4.69, 9.17) is 4.74 Å². The highest BCUT2D eigenvalue weighted by Gasteiger charge is 2.10. The number of phenolic OH excluding ortho intramolecular Hbond substituents is 1. The number of hydrogen-bond donors (Lipinski definition) is 1. The van der Waals surface area contributed by atoms with Gasteiger partial charge in [0.15, 0.2) is 0 Å². The number of phenols is 1. The number of hydrogen-bond acceptors (Lipinski definition) is 4. The highest BCUT2D eigenvalue weighted by atomic mass is 32.1. The molecule has 106 valence electrons. The van der Waals surface area contributed by atoms with Crippen molar-refractivity contribution in [2.24, 2.45) is 0 Å². The lowest BCUT2D eigenvalue weighted by Gasteiger charge is -2.02. The van der Waals surface area contributed by atoms with Gasteiger partial charge in [-0.2, -0.15) is 0 Å². The number of fused-ring (bicyclic) bond motifs is 1. The lowest BCUT2D eigenvalue weighted by Crippen LogP contribution is -2.02. The van der Waals surface area contributed by atoms with Crippen molar-refractivity contribution in [1.82, 2.24) is 0 Å². The van der Waals surface area contributed by atoms with Gasteiger partial charge in [-0.05, 0) is 47.5 Å². The van der Waals surface area contributed by atoms with Crippen LogP contribution in [0.15, 0.2) is 47.8 Å². The van der Waals surface area contributed by atoms with Gasteiger partial charge in [-0.15, -0.1) is 11.3 Å². The maximum atomic E-state index is 11.7. The standard InChI is InChI=1S/C17H14O3S/c1-2-20-17(19)14-9-16(21-10-14)13-4-3-12-8-15(18)6-5-11(12)7-13/h3-10,18H,2H2,1H3. The summed E-state index contributed by atoms with van der Waals surface area (Å²) in [5, 5.41) is 13.3. The van der Waals surface area contributed by atoms with Crippen molar-refractivity contribution >= 4 is 28.1 Å². The van der Waals surface area contributed by atoms with Crippen molar-refractivity contribution < 1.29 is 14.6 Å². The molecule has 1 heterocycles. The molecule has 3 rings (SSSR count). The summed E-state index contributed by atoms with van der Waals surface area (Å²) in [4.78, 5) is 12.7. The number of rotatable bonds is 3. The summed E-state index contributed by atoms with van der Waals surface area (Å²) in [5.41, 5.74) is 1.64. The number of aromatic hydroxyl groups is 1. The molecule has 3 nitrogen and oxygen atoms in total. The van der Waals surface area contributed by atoms with E-state index < -0.39 is 0 Å². The molecule has 0 aliphatic heterocycles. The fourth-order valence-electron chi connectivity index (χ4n) is 2.20. The van der Waals surface area contributed by atoms with Crippen LogP contribution < -0.4 is 0 Å². The second kappa shape index (κ2) is 5.58. The molecule has 0 saturated carbocycles. The van der Waals surface area contributed by atoms with Crippen LogP contribution in [0.3, 0.4) is 0 Å². The first-order valence-electron chi connectivity index (χ1n) is 6.66. The van der Waals surface area contributed by atoms with E-state index in [1.165, 1.54) is 11.3 Å². The molecule has 21 heavy (non-hydrogen) atoms. The van der Waals surface area contributed by atoms with Crippen LogP contribution in [0.4, 0.5) is 0 Å². The molecule has 2 aromatic carbocycles. The SMILES string of the molecule is CCOC(=O)c1csc(-c2ccc3cc(O)ccc3c2)c1. The Hall–Kier alpha value is -2.33. The monoisotopic (exact) mass is 298 g/mol. The van der Waals surface area contributed by atoms with E-state index in [1.807, 2.05) is 29.6 Å². The Morgan fingerprint density at radius 1 is 1.14 bits per heavy atom. The molecule has 0 amide bonds. The Bertz CT molecular complexity index is 805. The quantitative estimate of drug-likeness (QED) is 0.727. The predicted molar refractivity (Wildman–Crippen MR) is 84.9 cm³/mol. The zero-order valence-electron chi connectivity index (χ0n) is 11.5. The minimum Gasteiger partial charge on any atom is -0.508 e. The third-order valence-corrected chi connectivity index (χ3v) is 4.20. The average Bonchev–Trinajstić information content (AvgIpc) is 2.97. The molecule has 4 heteroatoms. The maximum absolute atomic E-state index is 11.7. The van der Waals surface area contributed by atoms with Gasteiger partial charge in [-0.3, -0.25) is 0 Å². The molecule has 0 saturated heterocycles. The van der Waals surface area contributed by atoms with Gasteiger partial charge in [-0.1, -0.05) is 18.2 Å². The van der Waals surface area contributed by atoms with E-state index in [0.29, 0.717) is 12.2 Å². The third-order valence-electron chi connectivity index (χ3n) is 3.22. The zero-order valence-corrected chi connectivity index (χ0v) is 12.3. The molecule has 1 N–H and O–H groups in total. The summed E-state index contributed by atoms with van der Waals surface area (Å²) in [6.45, 7) is 2.17. The fraction of sp³-hybridized carbons (Fsp3) is 0.118. The molecule has 0 radical (unpaired) electrons. The van der Waals surface area contributed by atoms with E-state index in [-0.39, 0.29) is 11.7 Å². The van der Waals surface area contributed by atoms with Crippen LogP contribution in [-0.4, -0.2) is 17.7 Å². The van der Waals surface area contributed by atoms with E-state index >= 15 is 0 Å². The van der Waals surface area contributed by atoms with Crippen LogP contribution in [-0.2, 0) is 4.74 Å². The molecule has 0 fully saturated rings. The number of carbonyl (C=O) groups excluding carboxylic acids is 1. The molecule has 0 unspecified atom stereocenters. The van der Waals surface area contributed by atoms with Gasteiger partial charge in [0.2, 0.25) is 0 Å². The molecular weight excluding hydrogens is 284 g/mol. The van der Waals surface area contributed by atoms with Crippen molar-refractivity contribution in [3.63, 3.8) is 0 Å². The molecule has 3 aromatic rings. The lowest BCUT2D eigenvalue weighted by atomic mass is 10.1. The number of benzene rings is 2. The first-order valence-corrected chi connectivity index (χ1v) is 7.54. The van der Waals surface area contributed by atoms with Crippen LogP contribution in [0, 0.1) is 0 Å². The van der Waals surface area contributed by atoms with Gasteiger partial charge in [-0.25, -0.2) is 4.79 Å². The largest absolute Gasteiger partial charge is 0.508 e. The summed E-state index contributed by atoms with van der Waals surface area (Å²) < 4.78 is 5.00. The smallest absolute Gasteiger partial charge is 0.338 e. The van der Waals surface area contributed by atoms with Gasteiger partial charge in [0.1, 0.15) is 5.75 Å². The summed E-state index contributed by atoms with van der Waals surface area (Å²) >= 11 is 1.52. The third kappa shape index (κ3) is 2.76. The fourth-order valence-corrected chi connectivity index (χ4v) is 3.07. The van der Waals surface area contributed by atoms with E-state index in [2.05, 4.69) is 6.07 Å². The number of ether oxygens (including phenoxy) is 1. The first kappa shape index (κ1) is 13.6. The minimum atomic E-state index is -0.286. The Morgan fingerprint density at radius 2 is 1.90 bits per heavy atom. The van der Waals surface area contributed by atoms with Gasteiger partial charge >= 0.3 is 5.97 Å². The second-order valence-corrected chi connectivity index (χ2v) is 5.58. The van der Waals surface area contributed by atoms with Crippen LogP contribution in [0.25, 0.3) is 21.2 Å². The highest BCUT2D eigenvalue weighted by Crippen LogP contribution is 2.31. The Labute approximate surface area is 126 Å². The second-order valence-electron chi connectivity index (χ2n) is 4.67. The Balaban J connectivity index is 1.97. The predicted octanol–water partition coefficient (Wildman–Crippen LogP) is 4.45. The zero-order chi connectivity index (χ0) is 14.8. The van der Waals surface area contributed by atoms with Crippen LogP contribution in [0.5, 0.6) is 5.75 Å². The highest BCUT2D eigenvalue weighted by molar-refractivity contribution is 7.13. The average molecular weight is 298 g/mol. The molecule has 0 atom stereocenters. The van der Waals surface area contributed by atoms with E-state index in [9.17, 15) is 9.90 Å². The van der Waals surface area contributed by atoms with Crippen molar-refractivity contribution in [1.29, 1.82) is 0 Å². The van der Waals surface area contributed by atoms with Crippen molar-refractivity contribution in [2.75, 3.05) is 6.61 Å². The van der Waals surface area contributed by atoms with Crippen LogP contribution in [0.1, 0.15) is 17.3 Å². The maximum Gasteiger partial charge on any atom is 0.338 e. The minimum absolute atomic E-state index is 0.260. The summed E-state index contributed by atoms with van der Waals surface area (Å²) in [7, 11) is 0. The lowest BCUT2D eigenvalue weighted by molar-refractivity contribution is 0.0527. The Morgan fingerprint density at radius 3 is 2.71 bits per heavy atom. The summed E-state index contributed by atoms with van der Waals surface area (Å²) in [6.07, 6.45) is 0. The summed E-state index contributed by atoms with van der Waals surface area (Å²) in [6, 6.07) is 13.1. The number of carbonyl (C=O) groups is 1. The van der Waals surface area contributed by atoms with Crippen LogP contribution >= 0.6 is 11.3 Å². The first-order chi connectivity index (χ1) is 10.2. The van der Waals surface area contributed by atoms with Gasteiger partial charge < -0.3 is 9.84 Å². The molecule has 1 aromatic heterocycles. The number of thiophene rings is 1. The Kier molecular flexibility index (Phi) is 3.62. The number of esters is 1. The van der Waals surface area contributed by atoms with Gasteiger partial charge in [0, 0.05) is 10.3 Å². The normalized spacial score (nSPS) is 10.7. The molecule has 0 aliphatic rings.